The van der Waals surface area contributed by atoms with Crippen LogP contribution in [0.4, 0.5) is 5.95 Å². The number of nitrogens with zero attached hydrogens (tertiary/aromatic N) is 3. The van der Waals surface area contributed by atoms with E-state index in [9.17, 15) is 9.90 Å². The van der Waals surface area contributed by atoms with Gasteiger partial charge in [-0.05, 0) is 55.9 Å². The van der Waals surface area contributed by atoms with E-state index in [1.807, 2.05) is 35.0 Å². The van der Waals surface area contributed by atoms with Gasteiger partial charge in [0.05, 0.1) is 6.10 Å². The maximum absolute atomic E-state index is 13.3. The third kappa shape index (κ3) is 3.08. The number of rotatable bonds is 4. The minimum absolute atomic E-state index is 0.00586. The molecule has 6 heteroatoms. The van der Waals surface area contributed by atoms with E-state index in [4.69, 9.17) is 4.98 Å². The second kappa shape index (κ2) is 6.60. The fraction of sp³-hybridized carbons (Fsp3) is 0.476. The summed E-state index contributed by atoms with van der Waals surface area (Å²) in [5, 5.41) is 15.7. The highest BCUT2D eigenvalue weighted by molar-refractivity contribution is 6.04. The Balaban J connectivity index is 1.68. The first-order chi connectivity index (χ1) is 13.2. The summed E-state index contributed by atoms with van der Waals surface area (Å²) in [7, 11) is 0. The molecule has 2 aliphatic rings. The minimum Gasteiger partial charge on any atom is -0.393 e. The van der Waals surface area contributed by atoms with E-state index in [0.29, 0.717) is 17.0 Å². The van der Waals surface area contributed by atoms with Crippen molar-refractivity contribution in [1.82, 2.24) is 14.5 Å². The molecule has 0 bridgehead atoms. The molecule has 2 saturated carbocycles. The Labute approximate surface area is 157 Å². The van der Waals surface area contributed by atoms with Crippen LogP contribution < -0.4 is 10.9 Å². The number of hydrogen-bond acceptors (Lipinski definition) is 5. The largest absolute Gasteiger partial charge is 0.393 e. The smallest absolute Gasteiger partial charge is 0.260 e. The van der Waals surface area contributed by atoms with Crippen LogP contribution in [0.25, 0.3) is 21.8 Å². The van der Waals surface area contributed by atoms with Crippen molar-refractivity contribution in [3.05, 3.63) is 40.8 Å². The van der Waals surface area contributed by atoms with E-state index in [2.05, 4.69) is 10.3 Å². The van der Waals surface area contributed by atoms with Crippen molar-refractivity contribution in [2.24, 2.45) is 5.92 Å². The van der Waals surface area contributed by atoms with Crippen LogP contribution in [0.15, 0.2) is 35.3 Å². The van der Waals surface area contributed by atoms with Gasteiger partial charge in [0, 0.05) is 29.6 Å². The monoisotopic (exact) mass is 364 g/mol. The van der Waals surface area contributed by atoms with E-state index < -0.39 is 0 Å². The van der Waals surface area contributed by atoms with Gasteiger partial charge in [0.1, 0.15) is 5.65 Å². The summed E-state index contributed by atoms with van der Waals surface area (Å²) in [4.78, 5) is 22.6. The van der Waals surface area contributed by atoms with Crippen molar-refractivity contribution in [3.8, 4) is 0 Å². The van der Waals surface area contributed by atoms with Crippen LogP contribution in [0.2, 0.25) is 0 Å². The van der Waals surface area contributed by atoms with E-state index in [1.54, 1.807) is 0 Å². The Hall–Kier alpha value is -2.47. The van der Waals surface area contributed by atoms with Gasteiger partial charge in [0.2, 0.25) is 5.95 Å². The van der Waals surface area contributed by atoms with Crippen molar-refractivity contribution in [3.63, 3.8) is 0 Å². The average Bonchev–Trinajstić information content (AvgIpc) is 3.52. The number of hydrogen-bond donors (Lipinski definition) is 2. The third-order valence-corrected chi connectivity index (χ3v) is 5.94. The normalized spacial score (nSPS) is 23.0. The molecule has 0 atom stereocenters. The average molecular weight is 364 g/mol. The number of aliphatic hydroxyl groups is 1. The first-order valence-electron chi connectivity index (χ1n) is 9.92. The zero-order chi connectivity index (χ0) is 18.4. The minimum atomic E-state index is -0.255. The lowest BCUT2D eigenvalue weighted by atomic mass is 9.92. The lowest BCUT2D eigenvalue weighted by Crippen LogP contribution is -2.30. The fourth-order valence-electron chi connectivity index (χ4n) is 4.17. The topological polar surface area (TPSA) is 80.0 Å². The van der Waals surface area contributed by atoms with Gasteiger partial charge in [-0.3, -0.25) is 9.36 Å². The lowest BCUT2D eigenvalue weighted by molar-refractivity contribution is 0.111. The van der Waals surface area contributed by atoms with Crippen molar-refractivity contribution in [2.75, 3.05) is 11.9 Å². The van der Waals surface area contributed by atoms with Gasteiger partial charge in [-0.15, -0.1) is 0 Å². The Bertz CT molecular complexity index is 1050. The number of aliphatic hydroxyl groups excluding tert-OH is 1. The standard InChI is InChI=1S/C21H24N4O2/c26-15-9-7-14(8-10-15)25-19-18(16-3-1-2-4-17(16)20(25)27)12-23-21(24-19)22-11-13-5-6-13/h1-4,12-15,26H,5-11H2,(H,22,23,24)/t14-,15-. The second-order valence-corrected chi connectivity index (χ2v) is 7.94. The highest BCUT2D eigenvalue weighted by Gasteiger charge is 2.25. The van der Waals surface area contributed by atoms with E-state index in [0.717, 1.165) is 48.9 Å². The number of nitrogens with one attached hydrogen (secondary N) is 1. The molecule has 27 heavy (non-hydrogen) atoms. The molecule has 1 aromatic carbocycles. The third-order valence-electron chi connectivity index (χ3n) is 5.94. The van der Waals surface area contributed by atoms with Gasteiger partial charge in [-0.2, -0.15) is 4.98 Å². The van der Waals surface area contributed by atoms with Crippen LogP contribution in [0.1, 0.15) is 44.6 Å². The molecule has 0 saturated heterocycles. The van der Waals surface area contributed by atoms with E-state index in [-0.39, 0.29) is 17.7 Å². The molecule has 2 fully saturated rings. The van der Waals surface area contributed by atoms with Crippen molar-refractivity contribution in [1.29, 1.82) is 0 Å². The zero-order valence-electron chi connectivity index (χ0n) is 15.3. The predicted molar refractivity (Wildman–Crippen MR) is 106 cm³/mol. The summed E-state index contributed by atoms with van der Waals surface area (Å²) in [6, 6.07) is 7.76. The van der Waals surface area contributed by atoms with Crippen LogP contribution in [0, 0.1) is 5.92 Å². The van der Waals surface area contributed by atoms with Crippen molar-refractivity contribution < 1.29 is 5.11 Å². The Morgan fingerprint density at radius 2 is 1.78 bits per heavy atom. The molecule has 0 amide bonds. The first kappa shape index (κ1) is 16.7. The van der Waals surface area contributed by atoms with Gasteiger partial charge in [0.25, 0.3) is 5.56 Å². The van der Waals surface area contributed by atoms with E-state index in [1.165, 1.54) is 12.8 Å². The number of benzene rings is 1. The quantitative estimate of drug-likeness (QED) is 0.695. The van der Waals surface area contributed by atoms with Crippen LogP contribution in [0.3, 0.4) is 0 Å². The summed E-state index contributed by atoms with van der Waals surface area (Å²) in [6.45, 7) is 0.888. The Morgan fingerprint density at radius 3 is 2.52 bits per heavy atom. The second-order valence-electron chi connectivity index (χ2n) is 7.94. The summed E-state index contributed by atoms with van der Waals surface area (Å²) in [5.41, 5.74) is 0.708. The van der Waals surface area contributed by atoms with Crippen LogP contribution >= 0.6 is 0 Å². The fourth-order valence-corrected chi connectivity index (χ4v) is 4.17. The van der Waals surface area contributed by atoms with Crippen LogP contribution in [-0.4, -0.2) is 32.3 Å². The maximum Gasteiger partial charge on any atom is 0.260 e. The highest BCUT2D eigenvalue weighted by atomic mass is 16.3. The molecule has 2 aromatic heterocycles. The molecule has 5 rings (SSSR count). The SMILES string of the molecule is O=c1c2ccccc2c2cnc(NCC3CC3)nc2n1[C@H]1CC[C@H](O)CC1. The molecule has 2 N–H and O–H groups in total. The molecule has 140 valence electrons. The van der Waals surface area contributed by atoms with Gasteiger partial charge >= 0.3 is 0 Å². The predicted octanol–water partition coefficient (Wildman–Crippen LogP) is 3.24. The molecule has 0 radical (unpaired) electrons. The van der Waals surface area contributed by atoms with Gasteiger partial charge in [-0.25, -0.2) is 4.98 Å². The maximum atomic E-state index is 13.3. The highest BCUT2D eigenvalue weighted by Crippen LogP contribution is 2.32. The number of aromatic nitrogens is 3. The summed E-state index contributed by atoms with van der Waals surface area (Å²) in [5.74, 6) is 1.32. The number of fused-ring (bicyclic) bond motifs is 3. The molecular weight excluding hydrogens is 340 g/mol. The number of anilines is 1. The molecule has 0 spiro atoms. The Kier molecular flexibility index (Phi) is 4.08. The molecular formula is C21H24N4O2. The van der Waals surface area contributed by atoms with Crippen LogP contribution in [-0.2, 0) is 0 Å². The molecule has 0 aliphatic heterocycles. The Morgan fingerprint density at radius 1 is 1.04 bits per heavy atom. The summed E-state index contributed by atoms with van der Waals surface area (Å²) >= 11 is 0. The molecule has 3 aromatic rings. The van der Waals surface area contributed by atoms with Gasteiger partial charge in [-0.1, -0.05) is 18.2 Å². The molecule has 0 unspecified atom stereocenters. The zero-order valence-corrected chi connectivity index (χ0v) is 15.3. The lowest BCUT2D eigenvalue weighted by Gasteiger charge is -2.28. The number of pyridine rings is 1. The molecule has 2 aliphatic carbocycles. The molecule has 6 nitrogen and oxygen atoms in total. The van der Waals surface area contributed by atoms with Gasteiger partial charge < -0.3 is 10.4 Å². The van der Waals surface area contributed by atoms with Crippen molar-refractivity contribution >= 4 is 27.8 Å². The first-order valence-corrected chi connectivity index (χ1v) is 9.92. The van der Waals surface area contributed by atoms with E-state index >= 15 is 0 Å². The van der Waals surface area contributed by atoms with Crippen LogP contribution in [0.5, 0.6) is 0 Å². The van der Waals surface area contributed by atoms with Crippen molar-refractivity contribution in [2.45, 2.75) is 50.7 Å². The van der Waals surface area contributed by atoms with Gasteiger partial charge in [0.15, 0.2) is 0 Å². The summed E-state index contributed by atoms with van der Waals surface area (Å²) in [6.07, 6.45) is 7.15. The summed E-state index contributed by atoms with van der Waals surface area (Å²) < 4.78 is 1.85. The molecule has 2 heterocycles.